The number of carbonyl (C=O) groups is 1. The number of aliphatic hydroxyl groups excluding tert-OH is 2. The molecule has 1 amide bonds. The Bertz CT molecular complexity index is 674. The van der Waals surface area contributed by atoms with Crippen LogP contribution in [0.25, 0.3) is 0 Å². The number of carbonyl (C=O) groups excluding carboxylic acids is 1. The Morgan fingerprint density at radius 1 is 1.19 bits per heavy atom. The van der Waals surface area contributed by atoms with Gasteiger partial charge in [-0.1, -0.05) is 41.7 Å². The largest absolute Gasteiger partial charge is 0.489 e. The van der Waals surface area contributed by atoms with Gasteiger partial charge in [0.15, 0.2) is 5.75 Å². The molecule has 0 radical (unpaired) electrons. The van der Waals surface area contributed by atoms with Crippen molar-refractivity contribution >= 4 is 40.8 Å². The van der Waals surface area contributed by atoms with Crippen molar-refractivity contribution in [1.29, 1.82) is 0 Å². The predicted octanol–water partition coefficient (Wildman–Crippen LogP) is 3.57. The van der Waals surface area contributed by atoms with E-state index in [1.165, 1.54) is 10.9 Å². The van der Waals surface area contributed by atoms with Crippen molar-refractivity contribution < 1.29 is 19.7 Å². The van der Waals surface area contributed by atoms with Crippen LogP contribution in [0.5, 0.6) is 5.75 Å². The second-order valence-corrected chi connectivity index (χ2v) is 6.48. The monoisotopic (exact) mass is 437 g/mol. The van der Waals surface area contributed by atoms with Crippen molar-refractivity contribution in [2.45, 2.75) is 13.3 Å². The summed E-state index contributed by atoms with van der Waals surface area (Å²) in [4.78, 5) is 17.9. The van der Waals surface area contributed by atoms with E-state index in [1.807, 2.05) is 6.92 Å². The molecule has 0 unspecified atom stereocenters. The lowest BCUT2D eigenvalue weighted by molar-refractivity contribution is 0.184. The van der Waals surface area contributed by atoms with Gasteiger partial charge in [0.2, 0.25) is 0 Å². The number of ether oxygens (including phenoxy) is 1. The van der Waals surface area contributed by atoms with Gasteiger partial charge in [-0.25, -0.2) is 9.78 Å². The molecule has 0 spiro atoms. The van der Waals surface area contributed by atoms with E-state index in [9.17, 15) is 4.79 Å². The van der Waals surface area contributed by atoms with E-state index in [2.05, 4.69) is 4.98 Å². The lowest BCUT2D eigenvalue weighted by Gasteiger charge is -2.22. The van der Waals surface area contributed by atoms with Crippen LogP contribution in [0.15, 0.2) is 30.9 Å². The molecule has 10 heteroatoms. The molecule has 0 saturated carbocycles. The molecule has 0 fully saturated rings. The number of aliphatic hydroxyl groups is 2. The highest BCUT2D eigenvalue weighted by Crippen LogP contribution is 2.35. The Balaban J connectivity index is 0.000000828. The molecule has 2 aromatic rings. The molecule has 1 aromatic heterocycles. The van der Waals surface area contributed by atoms with Crippen molar-refractivity contribution in [1.82, 2.24) is 14.5 Å². The van der Waals surface area contributed by atoms with Crippen molar-refractivity contribution in [3.8, 4) is 5.75 Å². The van der Waals surface area contributed by atoms with E-state index in [4.69, 9.17) is 49.8 Å². The highest BCUT2D eigenvalue weighted by Gasteiger charge is 2.15. The van der Waals surface area contributed by atoms with E-state index in [0.717, 1.165) is 6.42 Å². The summed E-state index contributed by atoms with van der Waals surface area (Å²) in [7, 11) is 0. The number of benzene rings is 1. The van der Waals surface area contributed by atoms with Gasteiger partial charge in [0.05, 0.1) is 29.8 Å². The Morgan fingerprint density at radius 2 is 1.81 bits per heavy atom. The molecule has 0 bridgehead atoms. The summed E-state index contributed by atoms with van der Waals surface area (Å²) in [5.74, 6) is 0.365. The van der Waals surface area contributed by atoms with Crippen LogP contribution in [0.4, 0.5) is 4.79 Å². The minimum absolute atomic E-state index is 0.125. The first kappa shape index (κ1) is 23.5. The van der Waals surface area contributed by atoms with Gasteiger partial charge >= 0.3 is 6.03 Å². The molecular formula is C17H22Cl3N3O4. The maximum Gasteiger partial charge on any atom is 0.329 e. The third-order valence-corrected chi connectivity index (χ3v) is 3.94. The van der Waals surface area contributed by atoms with Crippen molar-refractivity contribution in [3.63, 3.8) is 0 Å². The Hall–Kier alpha value is -1.51. The molecule has 2 rings (SSSR count). The first-order chi connectivity index (χ1) is 12.9. The molecule has 0 aliphatic carbocycles. The summed E-state index contributed by atoms with van der Waals surface area (Å²) >= 11 is 18.0. The van der Waals surface area contributed by atoms with Crippen molar-refractivity contribution in [2.24, 2.45) is 0 Å². The zero-order valence-electron chi connectivity index (χ0n) is 14.8. The van der Waals surface area contributed by atoms with Gasteiger partial charge in [-0.3, -0.25) is 4.57 Å². The van der Waals surface area contributed by atoms with Gasteiger partial charge in [-0.2, -0.15) is 0 Å². The summed E-state index contributed by atoms with van der Waals surface area (Å²) in [6.45, 7) is 3.03. The quantitative estimate of drug-likeness (QED) is 0.690. The highest BCUT2D eigenvalue weighted by atomic mass is 35.5. The van der Waals surface area contributed by atoms with Gasteiger partial charge in [-0.05, 0) is 18.6 Å². The third kappa shape index (κ3) is 7.94. The summed E-state index contributed by atoms with van der Waals surface area (Å²) in [5, 5.41) is 16.4. The number of aromatic nitrogens is 2. The average Bonchev–Trinajstić information content (AvgIpc) is 3.17. The van der Waals surface area contributed by atoms with E-state index in [-0.39, 0.29) is 25.9 Å². The normalized spacial score (nSPS) is 10.1. The van der Waals surface area contributed by atoms with E-state index >= 15 is 0 Å². The van der Waals surface area contributed by atoms with Crippen molar-refractivity contribution in [2.75, 3.05) is 32.9 Å². The molecule has 150 valence electrons. The second-order valence-electron chi connectivity index (χ2n) is 5.23. The maximum atomic E-state index is 12.3. The van der Waals surface area contributed by atoms with Crippen LogP contribution in [0.2, 0.25) is 15.1 Å². The number of halogens is 3. The second kappa shape index (κ2) is 12.8. The Kier molecular flexibility index (Phi) is 11.2. The summed E-state index contributed by atoms with van der Waals surface area (Å²) in [6.07, 6.45) is 5.48. The number of amides is 1. The minimum atomic E-state index is -0.152. The molecule has 1 aromatic carbocycles. The third-order valence-electron chi connectivity index (χ3n) is 3.16. The number of hydrogen-bond donors (Lipinski definition) is 2. The molecule has 27 heavy (non-hydrogen) atoms. The van der Waals surface area contributed by atoms with E-state index < -0.39 is 0 Å². The fraction of sp³-hybridized carbons (Fsp3) is 0.412. The van der Waals surface area contributed by atoms with Gasteiger partial charge in [-0.15, -0.1) is 0 Å². The van der Waals surface area contributed by atoms with Crippen LogP contribution in [0.1, 0.15) is 13.3 Å². The van der Waals surface area contributed by atoms with Gasteiger partial charge in [0, 0.05) is 24.0 Å². The van der Waals surface area contributed by atoms with Crippen LogP contribution in [0.3, 0.4) is 0 Å². The number of nitrogens with zero attached hydrogens (tertiary/aromatic N) is 3. The molecular weight excluding hydrogens is 417 g/mol. The SMILES string of the molecule is CCCN(CCOc1c(Cl)cc(Cl)cc1Cl)C(=O)n1ccnc1.OCCO. The zero-order valence-corrected chi connectivity index (χ0v) is 17.1. The molecule has 0 saturated heterocycles. The predicted molar refractivity (Wildman–Crippen MR) is 106 cm³/mol. The lowest BCUT2D eigenvalue weighted by atomic mass is 10.3. The zero-order chi connectivity index (χ0) is 20.2. The summed E-state index contributed by atoms with van der Waals surface area (Å²) in [5.41, 5.74) is 0. The van der Waals surface area contributed by atoms with E-state index in [1.54, 1.807) is 29.4 Å². The molecule has 1 heterocycles. The van der Waals surface area contributed by atoms with Crippen LogP contribution in [0, 0.1) is 0 Å². The Morgan fingerprint density at radius 3 is 2.30 bits per heavy atom. The number of imidazole rings is 1. The van der Waals surface area contributed by atoms with Crippen LogP contribution >= 0.6 is 34.8 Å². The molecule has 2 N–H and O–H groups in total. The van der Waals surface area contributed by atoms with Crippen LogP contribution in [-0.2, 0) is 0 Å². The summed E-state index contributed by atoms with van der Waals surface area (Å²) < 4.78 is 7.05. The molecule has 0 atom stereocenters. The fourth-order valence-corrected chi connectivity index (χ4v) is 2.96. The first-order valence-electron chi connectivity index (χ1n) is 8.20. The first-order valence-corrected chi connectivity index (χ1v) is 9.34. The summed E-state index contributed by atoms with van der Waals surface area (Å²) in [6, 6.07) is 2.97. The average molecular weight is 439 g/mol. The standard InChI is InChI=1S/C15H16Cl3N3O2.C2H6O2/c1-2-4-20(15(22)21-5-3-19-10-21)6-7-23-14-12(17)8-11(16)9-13(14)18;3-1-2-4/h3,5,8-10H,2,4,6-7H2,1H3;3-4H,1-2H2. The molecule has 0 aliphatic rings. The Labute approximate surface area is 173 Å². The highest BCUT2D eigenvalue weighted by molar-refractivity contribution is 6.40. The molecule has 7 nitrogen and oxygen atoms in total. The molecule has 0 aliphatic heterocycles. The lowest BCUT2D eigenvalue weighted by Crippen LogP contribution is -2.37. The number of hydrogen-bond acceptors (Lipinski definition) is 5. The van der Waals surface area contributed by atoms with Crippen LogP contribution < -0.4 is 4.74 Å². The van der Waals surface area contributed by atoms with Gasteiger partial charge in [0.1, 0.15) is 12.9 Å². The fourth-order valence-electron chi connectivity index (χ4n) is 2.03. The minimum Gasteiger partial charge on any atom is -0.489 e. The number of rotatable bonds is 7. The van der Waals surface area contributed by atoms with Crippen LogP contribution in [-0.4, -0.2) is 63.6 Å². The van der Waals surface area contributed by atoms with Crippen molar-refractivity contribution in [3.05, 3.63) is 45.9 Å². The van der Waals surface area contributed by atoms with Gasteiger partial charge < -0.3 is 19.8 Å². The maximum absolute atomic E-state index is 12.3. The smallest absolute Gasteiger partial charge is 0.329 e. The topological polar surface area (TPSA) is 87.8 Å². The van der Waals surface area contributed by atoms with E-state index in [0.29, 0.717) is 33.9 Å². The van der Waals surface area contributed by atoms with Gasteiger partial charge in [0.25, 0.3) is 0 Å².